The summed E-state index contributed by atoms with van der Waals surface area (Å²) in [6.45, 7) is -0.152. The number of carbonyl (C=O) groups excluding carboxylic acids is 1. The van der Waals surface area contributed by atoms with Crippen LogP contribution in [-0.2, 0) is 17.8 Å². The van der Waals surface area contributed by atoms with Gasteiger partial charge < -0.3 is 10.4 Å². The SMILES string of the molecule is O=C1Nc2ccc(Cl)cc2C(c2cnc(CO)s2)=NC1Cc1ccccc1Cl. The quantitative estimate of drug-likeness (QED) is 0.644. The number of aromatic nitrogens is 1. The number of benzodiazepines with no additional fused rings is 1. The van der Waals surface area contributed by atoms with Crippen molar-refractivity contribution >= 4 is 51.8 Å². The van der Waals surface area contributed by atoms with E-state index < -0.39 is 6.04 Å². The van der Waals surface area contributed by atoms with Crippen LogP contribution >= 0.6 is 34.5 Å². The Morgan fingerprint density at radius 3 is 2.75 bits per heavy atom. The molecule has 3 aromatic rings. The number of hydrogen-bond donors (Lipinski definition) is 2. The highest BCUT2D eigenvalue weighted by atomic mass is 35.5. The molecule has 4 rings (SSSR count). The lowest BCUT2D eigenvalue weighted by atomic mass is 10.1. The Morgan fingerprint density at radius 2 is 2.00 bits per heavy atom. The second kappa shape index (κ2) is 8.01. The molecule has 1 aliphatic rings. The number of aliphatic hydroxyl groups is 1. The van der Waals surface area contributed by atoms with Gasteiger partial charge in [-0.3, -0.25) is 9.79 Å². The zero-order valence-electron chi connectivity index (χ0n) is 14.5. The number of halogens is 2. The molecule has 0 aliphatic carbocycles. The number of rotatable bonds is 4. The summed E-state index contributed by atoms with van der Waals surface area (Å²) in [5.41, 5.74) is 2.81. The van der Waals surface area contributed by atoms with E-state index in [4.69, 9.17) is 28.2 Å². The third kappa shape index (κ3) is 3.82. The van der Waals surface area contributed by atoms with Crippen molar-refractivity contribution in [1.82, 2.24) is 4.98 Å². The van der Waals surface area contributed by atoms with E-state index in [1.165, 1.54) is 11.3 Å². The first-order valence-corrected chi connectivity index (χ1v) is 10.1. The van der Waals surface area contributed by atoms with Crippen molar-refractivity contribution in [3.63, 3.8) is 0 Å². The maximum Gasteiger partial charge on any atom is 0.249 e. The van der Waals surface area contributed by atoms with E-state index in [-0.39, 0.29) is 12.5 Å². The van der Waals surface area contributed by atoms with Crippen LogP contribution in [0.3, 0.4) is 0 Å². The second-order valence-electron chi connectivity index (χ2n) is 6.24. The number of fused-ring (bicyclic) bond motifs is 1. The second-order valence-corrected chi connectivity index (χ2v) is 8.20. The van der Waals surface area contributed by atoms with Gasteiger partial charge in [0.15, 0.2) is 0 Å². The molecular weight excluding hydrogens is 417 g/mol. The number of aliphatic imine (C=N–C) groups is 1. The predicted octanol–water partition coefficient (Wildman–Crippen LogP) is 4.34. The average Bonchev–Trinajstić information content (AvgIpc) is 3.12. The van der Waals surface area contributed by atoms with Gasteiger partial charge in [-0.1, -0.05) is 41.4 Å². The van der Waals surface area contributed by atoms with Gasteiger partial charge in [0.05, 0.1) is 22.9 Å². The first kappa shape index (κ1) is 19.1. The Morgan fingerprint density at radius 1 is 1.18 bits per heavy atom. The molecular formula is C20H15Cl2N3O2S. The molecule has 5 nitrogen and oxygen atoms in total. The van der Waals surface area contributed by atoms with Crippen molar-refractivity contribution in [1.29, 1.82) is 0 Å². The van der Waals surface area contributed by atoms with Crippen LogP contribution in [0, 0.1) is 0 Å². The Hall–Kier alpha value is -2.25. The normalized spacial score (nSPS) is 16.2. The summed E-state index contributed by atoms with van der Waals surface area (Å²) in [7, 11) is 0. The smallest absolute Gasteiger partial charge is 0.249 e. The first-order chi connectivity index (χ1) is 13.5. The standard InChI is InChI=1S/C20H15Cl2N3O2S/c21-12-5-6-15-13(8-12)19(17-9-23-18(10-26)28-17)24-16(20(27)25-15)7-11-3-1-2-4-14(11)22/h1-6,8-9,16,26H,7,10H2,(H,25,27). The zero-order valence-corrected chi connectivity index (χ0v) is 16.9. The summed E-state index contributed by atoms with van der Waals surface area (Å²) < 4.78 is 0. The molecule has 1 aromatic heterocycles. The molecule has 0 bridgehead atoms. The Balaban J connectivity index is 1.82. The van der Waals surface area contributed by atoms with Crippen LogP contribution in [0.1, 0.15) is 21.0 Å². The van der Waals surface area contributed by atoms with Gasteiger partial charge in [-0.25, -0.2) is 4.98 Å². The molecule has 8 heteroatoms. The van der Waals surface area contributed by atoms with Gasteiger partial charge >= 0.3 is 0 Å². The molecule has 1 atom stereocenters. The van der Waals surface area contributed by atoms with Crippen molar-refractivity contribution in [2.75, 3.05) is 5.32 Å². The summed E-state index contributed by atoms with van der Waals surface area (Å²) in [6, 6.07) is 12.0. The van der Waals surface area contributed by atoms with Crippen LogP contribution in [0.4, 0.5) is 5.69 Å². The minimum absolute atomic E-state index is 0.152. The monoisotopic (exact) mass is 431 g/mol. The number of amides is 1. The number of aliphatic hydroxyl groups excluding tert-OH is 1. The maximum atomic E-state index is 12.9. The summed E-state index contributed by atoms with van der Waals surface area (Å²) in [5.74, 6) is -0.217. The summed E-state index contributed by atoms with van der Waals surface area (Å²) in [6.07, 6.45) is 2.02. The van der Waals surface area contributed by atoms with Gasteiger partial charge in [-0.2, -0.15) is 0 Å². The molecule has 28 heavy (non-hydrogen) atoms. The summed E-state index contributed by atoms with van der Waals surface area (Å²) >= 11 is 13.8. The van der Waals surface area contributed by atoms with Gasteiger partial charge in [0.25, 0.3) is 0 Å². The number of carbonyl (C=O) groups is 1. The molecule has 0 saturated heterocycles. The lowest BCUT2D eigenvalue weighted by Crippen LogP contribution is -2.27. The van der Waals surface area contributed by atoms with Crippen molar-refractivity contribution in [2.45, 2.75) is 19.1 Å². The highest BCUT2D eigenvalue weighted by Crippen LogP contribution is 2.30. The fraction of sp³-hybridized carbons (Fsp3) is 0.150. The van der Waals surface area contributed by atoms with Crippen molar-refractivity contribution < 1.29 is 9.90 Å². The van der Waals surface area contributed by atoms with Gasteiger partial charge in [0.2, 0.25) is 5.91 Å². The van der Waals surface area contributed by atoms with E-state index in [1.54, 1.807) is 30.5 Å². The van der Waals surface area contributed by atoms with E-state index in [0.717, 1.165) is 16.0 Å². The topological polar surface area (TPSA) is 74.6 Å². The Bertz CT molecular complexity index is 1080. The molecule has 2 aromatic carbocycles. The van der Waals surface area contributed by atoms with Gasteiger partial charge in [0, 0.05) is 28.2 Å². The molecule has 1 aliphatic heterocycles. The summed E-state index contributed by atoms with van der Waals surface area (Å²) in [5, 5.41) is 14.0. The maximum absolute atomic E-state index is 12.9. The highest BCUT2D eigenvalue weighted by molar-refractivity contribution is 7.13. The van der Waals surface area contributed by atoms with Crippen molar-refractivity contribution in [2.24, 2.45) is 4.99 Å². The highest BCUT2D eigenvalue weighted by Gasteiger charge is 2.27. The molecule has 1 unspecified atom stereocenters. The number of nitrogens with zero attached hydrogens (tertiary/aromatic N) is 2. The largest absolute Gasteiger partial charge is 0.389 e. The van der Waals surface area contributed by atoms with E-state index in [1.807, 2.05) is 18.2 Å². The van der Waals surface area contributed by atoms with Crippen LogP contribution < -0.4 is 5.32 Å². The Kier molecular flexibility index (Phi) is 5.46. The van der Waals surface area contributed by atoms with Crippen LogP contribution in [0.25, 0.3) is 0 Å². The Labute approximate surface area is 175 Å². The molecule has 0 spiro atoms. The third-order valence-corrected chi connectivity index (χ3v) is 5.97. The van der Waals surface area contributed by atoms with Crippen LogP contribution in [0.5, 0.6) is 0 Å². The third-order valence-electron chi connectivity index (χ3n) is 4.38. The number of nitrogens with one attached hydrogen (secondary N) is 1. The molecule has 0 fully saturated rings. The lowest BCUT2D eigenvalue weighted by Gasteiger charge is -2.12. The van der Waals surface area contributed by atoms with E-state index in [2.05, 4.69) is 10.3 Å². The van der Waals surface area contributed by atoms with Crippen LogP contribution in [0.15, 0.2) is 53.7 Å². The van der Waals surface area contributed by atoms with E-state index in [9.17, 15) is 9.90 Å². The fourth-order valence-electron chi connectivity index (χ4n) is 3.02. The molecule has 0 radical (unpaired) electrons. The van der Waals surface area contributed by atoms with E-state index >= 15 is 0 Å². The number of thiazole rings is 1. The van der Waals surface area contributed by atoms with Gasteiger partial charge in [0.1, 0.15) is 11.0 Å². The molecule has 2 N–H and O–H groups in total. The lowest BCUT2D eigenvalue weighted by molar-refractivity contribution is -0.117. The molecule has 0 saturated carbocycles. The van der Waals surface area contributed by atoms with Gasteiger partial charge in [-0.15, -0.1) is 11.3 Å². The van der Waals surface area contributed by atoms with Crippen LogP contribution in [0.2, 0.25) is 10.0 Å². The number of benzene rings is 2. The average molecular weight is 432 g/mol. The van der Waals surface area contributed by atoms with Gasteiger partial charge in [-0.05, 0) is 29.8 Å². The zero-order chi connectivity index (χ0) is 19.7. The minimum atomic E-state index is -0.666. The fourth-order valence-corrected chi connectivity index (χ4v) is 4.19. The first-order valence-electron chi connectivity index (χ1n) is 8.53. The predicted molar refractivity (Wildman–Crippen MR) is 113 cm³/mol. The van der Waals surface area contributed by atoms with Crippen LogP contribution in [-0.4, -0.2) is 27.8 Å². The molecule has 2 heterocycles. The number of anilines is 1. The molecule has 142 valence electrons. The minimum Gasteiger partial charge on any atom is -0.389 e. The molecule has 1 amide bonds. The van der Waals surface area contributed by atoms with Crippen molar-refractivity contribution in [3.8, 4) is 0 Å². The summed E-state index contributed by atoms with van der Waals surface area (Å²) in [4.78, 5) is 22.6. The van der Waals surface area contributed by atoms with E-state index in [0.29, 0.717) is 32.9 Å². The van der Waals surface area contributed by atoms with Crippen molar-refractivity contribution in [3.05, 3.63) is 79.7 Å². The number of hydrogen-bond acceptors (Lipinski definition) is 5.